The van der Waals surface area contributed by atoms with Gasteiger partial charge in [-0.1, -0.05) is 71.1 Å². The van der Waals surface area contributed by atoms with Crippen molar-refractivity contribution in [2.24, 2.45) is 5.73 Å². The molecule has 3 atom stereocenters. The highest BCUT2D eigenvalue weighted by molar-refractivity contribution is 7.98. The van der Waals surface area contributed by atoms with Gasteiger partial charge in [0.1, 0.15) is 17.9 Å². The van der Waals surface area contributed by atoms with Gasteiger partial charge in [-0.15, -0.1) is 0 Å². The number of carbonyl (C=O) groups is 6. The van der Waals surface area contributed by atoms with Crippen molar-refractivity contribution in [3.8, 4) is 0 Å². The molecule has 0 rings (SSSR count). The van der Waals surface area contributed by atoms with Crippen LogP contribution >= 0.6 is 11.8 Å². The Hall–Kier alpha value is -2.63. The number of hydrogen-bond donors (Lipinski definition) is 5. The van der Waals surface area contributed by atoms with Crippen LogP contribution in [0, 0.1) is 0 Å². The maximum atomic E-state index is 12.7. The first-order valence-electron chi connectivity index (χ1n) is 15.4. The van der Waals surface area contributed by atoms with E-state index in [1.54, 1.807) is 6.92 Å². The third kappa shape index (κ3) is 22.0. The van der Waals surface area contributed by atoms with Gasteiger partial charge in [0.05, 0.1) is 12.8 Å². The van der Waals surface area contributed by atoms with E-state index in [-0.39, 0.29) is 38.0 Å². The Morgan fingerprint density at radius 2 is 1.29 bits per heavy atom. The molecule has 11 nitrogen and oxygen atoms in total. The van der Waals surface area contributed by atoms with E-state index >= 15 is 0 Å². The molecule has 0 saturated carbocycles. The van der Waals surface area contributed by atoms with Crippen LogP contribution in [-0.2, 0) is 28.8 Å². The van der Waals surface area contributed by atoms with Crippen LogP contribution in [0.4, 0.5) is 0 Å². The van der Waals surface area contributed by atoms with Crippen LogP contribution in [0.1, 0.15) is 123 Å². The van der Waals surface area contributed by atoms with Gasteiger partial charge in [0, 0.05) is 18.9 Å². The van der Waals surface area contributed by atoms with Crippen molar-refractivity contribution in [2.45, 2.75) is 141 Å². The van der Waals surface area contributed by atoms with Gasteiger partial charge in [0.2, 0.25) is 23.6 Å². The first-order chi connectivity index (χ1) is 20.0. The van der Waals surface area contributed by atoms with Gasteiger partial charge in [-0.05, 0) is 38.2 Å². The van der Waals surface area contributed by atoms with Gasteiger partial charge in [-0.3, -0.25) is 24.0 Å². The SMILES string of the molecule is CCCCCCCCCCCCCC(=O)N[C@H](CC(N)=O)C(=O)N[C@@H](C)CCC(=O)CC(=O)N[C@@H](CCSC)C(=O)O. The fraction of sp³-hybridized carbons (Fsp3) is 0.800. The monoisotopic (exact) mass is 614 g/mol. The molecule has 0 aromatic rings. The zero-order valence-corrected chi connectivity index (χ0v) is 26.7. The molecule has 0 fully saturated rings. The van der Waals surface area contributed by atoms with Crippen LogP contribution < -0.4 is 21.7 Å². The Morgan fingerprint density at radius 1 is 0.738 bits per heavy atom. The Labute approximate surface area is 255 Å². The minimum absolute atomic E-state index is 0.0108. The largest absolute Gasteiger partial charge is 0.480 e. The van der Waals surface area contributed by atoms with Crippen LogP contribution in [-0.4, -0.2) is 70.6 Å². The maximum absolute atomic E-state index is 12.7. The molecule has 0 aliphatic heterocycles. The highest BCUT2D eigenvalue weighted by atomic mass is 32.2. The molecule has 0 bridgehead atoms. The van der Waals surface area contributed by atoms with Crippen molar-refractivity contribution in [1.82, 2.24) is 16.0 Å². The molecule has 0 aromatic carbocycles. The number of carboxylic acid groups (broad SMARTS) is 1. The van der Waals surface area contributed by atoms with Crippen molar-refractivity contribution < 1.29 is 33.9 Å². The minimum Gasteiger partial charge on any atom is -0.480 e. The predicted molar refractivity (Wildman–Crippen MR) is 166 cm³/mol. The van der Waals surface area contributed by atoms with Crippen LogP contribution in [0.5, 0.6) is 0 Å². The number of nitrogens with one attached hydrogen (secondary N) is 3. The summed E-state index contributed by atoms with van der Waals surface area (Å²) in [7, 11) is 0. The van der Waals surface area contributed by atoms with Gasteiger partial charge in [0.15, 0.2) is 0 Å². The van der Waals surface area contributed by atoms with Crippen molar-refractivity contribution >= 4 is 47.1 Å². The summed E-state index contributed by atoms with van der Waals surface area (Å²) in [4.78, 5) is 72.3. The van der Waals surface area contributed by atoms with Gasteiger partial charge in [0.25, 0.3) is 0 Å². The minimum atomic E-state index is -1.16. The van der Waals surface area contributed by atoms with Crippen molar-refractivity contribution in [2.75, 3.05) is 12.0 Å². The zero-order valence-electron chi connectivity index (χ0n) is 25.8. The van der Waals surface area contributed by atoms with Crippen LogP contribution in [0.2, 0.25) is 0 Å². The second kappa shape index (κ2) is 24.9. The maximum Gasteiger partial charge on any atom is 0.326 e. The number of carbonyl (C=O) groups excluding carboxylic acids is 5. The number of rotatable bonds is 27. The third-order valence-electron chi connectivity index (χ3n) is 6.91. The molecule has 0 saturated heterocycles. The van der Waals surface area contributed by atoms with E-state index in [1.165, 1.54) is 56.7 Å². The number of unbranched alkanes of at least 4 members (excludes halogenated alkanes) is 10. The molecule has 0 spiro atoms. The predicted octanol–water partition coefficient (Wildman–Crippen LogP) is 3.61. The van der Waals surface area contributed by atoms with E-state index in [9.17, 15) is 33.9 Å². The number of aliphatic carboxylic acids is 1. The lowest BCUT2D eigenvalue weighted by molar-refractivity contribution is -0.142. The van der Waals surface area contributed by atoms with Crippen LogP contribution in [0.3, 0.4) is 0 Å². The van der Waals surface area contributed by atoms with E-state index in [1.807, 2.05) is 6.26 Å². The van der Waals surface area contributed by atoms with E-state index in [0.717, 1.165) is 19.3 Å². The van der Waals surface area contributed by atoms with Crippen LogP contribution in [0.25, 0.3) is 0 Å². The first-order valence-corrected chi connectivity index (χ1v) is 16.8. The van der Waals surface area contributed by atoms with Crippen molar-refractivity contribution in [3.05, 3.63) is 0 Å². The number of thioether (sulfide) groups is 1. The summed E-state index contributed by atoms with van der Waals surface area (Å²) in [5, 5.41) is 16.9. The standard InChI is InChI=1S/C30H54N4O7S/c1-4-5-6-7-8-9-10-11-12-13-14-15-27(37)34-25(21-26(31)36)29(39)32-22(2)16-17-23(35)20-28(38)33-24(30(40)41)18-19-42-3/h22,24-25H,4-21H2,1-3H3,(H2,31,36)(H,32,39)(H,33,38)(H,34,37)(H,40,41)/t22-,24-,25+/m0/s1. The summed E-state index contributed by atoms with van der Waals surface area (Å²) < 4.78 is 0. The van der Waals surface area contributed by atoms with Gasteiger partial charge >= 0.3 is 5.97 Å². The lowest BCUT2D eigenvalue weighted by Crippen LogP contribution is -2.50. The highest BCUT2D eigenvalue weighted by Crippen LogP contribution is 2.12. The molecule has 42 heavy (non-hydrogen) atoms. The fourth-order valence-electron chi connectivity index (χ4n) is 4.43. The molecule has 0 unspecified atom stereocenters. The lowest BCUT2D eigenvalue weighted by atomic mass is 10.0. The van der Waals surface area contributed by atoms with E-state index in [4.69, 9.17) is 5.73 Å². The van der Waals surface area contributed by atoms with Crippen molar-refractivity contribution in [3.63, 3.8) is 0 Å². The fourth-order valence-corrected chi connectivity index (χ4v) is 4.90. The number of amides is 4. The molecule has 4 amide bonds. The Balaban J connectivity index is 4.40. The molecule has 242 valence electrons. The van der Waals surface area contributed by atoms with E-state index in [0.29, 0.717) is 12.2 Å². The molecular formula is C30H54N4O7S. The molecular weight excluding hydrogens is 560 g/mol. The first kappa shape index (κ1) is 39.4. The summed E-state index contributed by atoms with van der Waals surface area (Å²) >= 11 is 1.46. The summed E-state index contributed by atoms with van der Waals surface area (Å²) in [5.74, 6) is -3.27. The van der Waals surface area contributed by atoms with Crippen LogP contribution in [0.15, 0.2) is 0 Å². The highest BCUT2D eigenvalue weighted by Gasteiger charge is 2.25. The van der Waals surface area contributed by atoms with Gasteiger partial charge in [-0.2, -0.15) is 11.8 Å². The second-order valence-corrected chi connectivity index (χ2v) is 12.0. The number of carboxylic acids is 1. The Morgan fingerprint density at radius 3 is 1.81 bits per heavy atom. The summed E-state index contributed by atoms with van der Waals surface area (Å²) in [6.45, 7) is 3.88. The lowest BCUT2D eigenvalue weighted by Gasteiger charge is -2.20. The molecule has 12 heteroatoms. The topological polar surface area (TPSA) is 185 Å². The molecule has 0 radical (unpaired) electrons. The zero-order chi connectivity index (χ0) is 31.8. The summed E-state index contributed by atoms with van der Waals surface area (Å²) in [5.41, 5.74) is 5.29. The number of Topliss-reactive ketones (excluding diaryl/α,β-unsaturated/α-hetero) is 1. The van der Waals surface area contributed by atoms with Gasteiger partial charge in [-0.25, -0.2) is 4.79 Å². The second-order valence-electron chi connectivity index (χ2n) is 11.0. The average Bonchev–Trinajstić information content (AvgIpc) is 2.92. The van der Waals surface area contributed by atoms with Crippen molar-refractivity contribution in [1.29, 1.82) is 0 Å². The molecule has 0 aliphatic rings. The third-order valence-corrected chi connectivity index (χ3v) is 7.55. The number of nitrogens with two attached hydrogens (primary N) is 1. The molecule has 0 aliphatic carbocycles. The number of primary amides is 1. The molecule has 6 N–H and O–H groups in total. The molecule has 0 heterocycles. The smallest absolute Gasteiger partial charge is 0.326 e. The summed E-state index contributed by atoms with van der Waals surface area (Å²) in [6.07, 6.45) is 14.5. The average molecular weight is 615 g/mol. The molecule has 0 aromatic heterocycles. The quantitative estimate of drug-likeness (QED) is 0.0686. The van der Waals surface area contributed by atoms with Gasteiger partial charge < -0.3 is 26.8 Å². The van der Waals surface area contributed by atoms with E-state index < -0.39 is 54.0 Å². The Kier molecular flexibility index (Phi) is 23.4. The number of hydrogen-bond acceptors (Lipinski definition) is 7. The Bertz CT molecular complexity index is 840. The normalized spacial score (nSPS) is 13.0. The number of ketones is 1. The summed E-state index contributed by atoms with van der Waals surface area (Å²) in [6, 6.07) is -2.64. The van der Waals surface area contributed by atoms with E-state index in [2.05, 4.69) is 22.9 Å².